The third kappa shape index (κ3) is 7.40. The second-order valence-corrected chi connectivity index (χ2v) is 4.77. The van der Waals surface area contributed by atoms with Crippen LogP contribution in [0, 0.1) is 0 Å². The van der Waals surface area contributed by atoms with E-state index in [-0.39, 0.29) is 18.5 Å². The minimum Gasteiger partial charge on any atom is -0.481 e. The van der Waals surface area contributed by atoms with E-state index in [1.54, 1.807) is 12.5 Å². The Balaban J connectivity index is 2.03. The Morgan fingerprint density at radius 1 is 1.35 bits per heavy atom. The molecule has 2 amide bonds. The van der Waals surface area contributed by atoms with Crippen LogP contribution in [0.15, 0.2) is 18.7 Å². The van der Waals surface area contributed by atoms with Gasteiger partial charge in [0.25, 0.3) is 0 Å². The largest absolute Gasteiger partial charge is 0.481 e. The van der Waals surface area contributed by atoms with E-state index >= 15 is 0 Å². The summed E-state index contributed by atoms with van der Waals surface area (Å²) in [7, 11) is 0. The molecule has 7 heteroatoms. The van der Waals surface area contributed by atoms with Crippen LogP contribution in [0.4, 0.5) is 4.79 Å². The van der Waals surface area contributed by atoms with Crippen molar-refractivity contribution in [2.75, 3.05) is 6.54 Å². The number of imidazole rings is 1. The lowest BCUT2D eigenvalue weighted by Crippen LogP contribution is -2.42. The first-order valence-electron chi connectivity index (χ1n) is 6.80. The van der Waals surface area contributed by atoms with Gasteiger partial charge in [0.1, 0.15) is 0 Å². The first kappa shape index (κ1) is 16.0. The summed E-state index contributed by atoms with van der Waals surface area (Å²) in [6.07, 6.45) is 7.68. The molecule has 1 atom stereocenters. The van der Waals surface area contributed by atoms with Crippen molar-refractivity contribution in [2.24, 2.45) is 0 Å². The molecule has 1 heterocycles. The highest BCUT2D eigenvalue weighted by molar-refractivity contribution is 5.74. The molecule has 1 aromatic heterocycles. The fourth-order valence-electron chi connectivity index (χ4n) is 1.81. The second kappa shape index (κ2) is 8.95. The summed E-state index contributed by atoms with van der Waals surface area (Å²) in [4.78, 5) is 25.8. The van der Waals surface area contributed by atoms with E-state index in [1.165, 1.54) is 0 Å². The highest BCUT2D eigenvalue weighted by Crippen LogP contribution is 1.98. The summed E-state index contributed by atoms with van der Waals surface area (Å²) in [5, 5.41) is 14.1. The van der Waals surface area contributed by atoms with Crippen molar-refractivity contribution in [3.05, 3.63) is 18.7 Å². The maximum absolute atomic E-state index is 11.6. The Morgan fingerprint density at radius 3 is 2.80 bits per heavy atom. The fourth-order valence-corrected chi connectivity index (χ4v) is 1.81. The quantitative estimate of drug-likeness (QED) is 0.593. The van der Waals surface area contributed by atoms with E-state index in [1.807, 2.05) is 17.7 Å². The van der Waals surface area contributed by atoms with Crippen LogP contribution in [-0.4, -0.2) is 39.2 Å². The highest BCUT2D eigenvalue weighted by Gasteiger charge is 2.06. The molecule has 0 saturated heterocycles. The van der Waals surface area contributed by atoms with Crippen molar-refractivity contribution in [2.45, 2.75) is 45.2 Å². The number of carboxylic acid groups (broad SMARTS) is 1. The van der Waals surface area contributed by atoms with Crippen LogP contribution >= 0.6 is 0 Å². The molecule has 0 bridgehead atoms. The number of carbonyl (C=O) groups is 2. The van der Waals surface area contributed by atoms with Gasteiger partial charge in [-0.3, -0.25) is 4.79 Å². The zero-order valence-electron chi connectivity index (χ0n) is 11.7. The number of carboxylic acids is 1. The van der Waals surface area contributed by atoms with Gasteiger partial charge < -0.3 is 20.3 Å². The summed E-state index contributed by atoms with van der Waals surface area (Å²) in [5.41, 5.74) is 0. The zero-order chi connectivity index (χ0) is 14.8. The third-order valence-corrected chi connectivity index (χ3v) is 2.77. The SMILES string of the molecule is CC(Cn1ccnc1)NC(=O)NCCCCCC(=O)O. The van der Waals surface area contributed by atoms with Crippen molar-refractivity contribution in [3.63, 3.8) is 0 Å². The van der Waals surface area contributed by atoms with Crippen LogP contribution in [0.25, 0.3) is 0 Å². The molecule has 7 nitrogen and oxygen atoms in total. The number of urea groups is 1. The van der Waals surface area contributed by atoms with Crippen LogP contribution in [0.3, 0.4) is 0 Å². The maximum atomic E-state index is 11.6. The Kier molecular flexibility index (Phi) is 7.16. The molecule has 0 aliphatic rings. The van der Waals surface area contributed by atoms with E-state index in [4.69, 9.17) is 5.11 Å². The number of nitrogens with zero attached hydrogens (tertiary/aromatic N) is 2. The summed E-state index contributed by atoms with van der Waals surface area (Å²) in [6, 6.07) is -0.188. The molecule has 1 rings (SSSR count). The number of nitrogens with one attached hydrogen (secondary N) is 2. The number of carbonyl (C=O) groups excluding carboxylic acids is 1. The average Bonchev–Trinajstić information content (AvgIpc) is 2.85. The Hall–Kier alpha value is -2.05. The lowest BCUT2D eigenvalue weighted by Gasteiger charge is -2.15. The number of hydrogen-bond donors (Lipinski definition) is 3. The summed E-state index contributed by atoms with van der Waals surface area (Å²) >= 11 is 0. The number of unbranched alkanes of at least 4 members (excludes halogenated alkanes) is 2. The third-order valence-electron chi connectivity index (χ3n) is 2.77. The molecule has 0 radical (unpaired) electrons. The lowest BCUT2D eigenvalue weighted by molar-refractivity contribution is -0.137. The summed E-state index contributed by atoms with van der Waals surface area (Å²) in [6.45, 7) is 3.15. The first-order chi connectivity index (χ1) is 9.58. The zero-order valence-corrected chi connectivity index (χ0v) is 11.7. The molecular weight excluding hydrogens is 260 g/mol. The Morgan fingerprint density at radius 2 is 2.15 bits per heavy atom. The van der Waals surface area contributed by atoms with Gasteiger partial charge >= 0.3 is 12.0 Å². The van der Waals surface area contributed by atoms with Crippen molar-refractivity contribution in [3.8, 4) is 0 Å². The minimum absolute atomic E-state index is 0.0104. The number of aliphatic carboxylic acids is 1. The molecule has 20 heavy (non-hydrogen) atoms. The van der Waals surface area contributed by atoms with E-state index in [0.29, 0.717) is 19.5 Å². The molecule has 0 aliphatic heterocycles. The molecule has 0 saturated carbocycles. The molecule has 0 aliphatic carbocycles. The number of amides is 2. The van der Waals surface area contributed by atoms with E-state index in [0.717, 1.165) is 12.8 Å². The molecule has 0 spiro atoms. The average molecular weight is 282 g/mol. The monoisotopic (exact) mass is 282 g/mol. The van der Waals surface area contributed by atoms with E-state index in [9.17, 15) is 9.59 Å². The van der Waals surface area contributed by atoms with Crippen LogP contribution in [-0.2, 0) is 11.3 Å². The standard InChI is InChI=1S/C13H22N4O3/c1-11(9-17-8-7-14-10-17)16-13(20)15-6-4-2-3-5-12(18)19/h7-8,10-11H,2-6,9H2,1H3,(H,18,19)(H2,15,16,20). The molecule has 0 aromatic carbocycles. The van der Waals surface area contributed by atoms with Crippen LogP contribution in [0.5, 0.6) is 0 Å². The molecule has 3 N–H and O–H groups in total. The van der Waals surface area contributed by atoms with Gasteiger partial charge in [-0.15, -0.1) is 0 Å². The number of aromatic nitrogens is 2. The van der Waals surface area contributed by atoms with Gasteiger partial charge in [0, 0.05) is 37.9 Å². The van der Waals surface area contributed by atoms with E-state index < -0.39 is 5.97 Å². The first-order valence-corrected chi connectivity index (χ1v) is 6.80. The van der Waals surface area contributed by atoms with Crippen molar-refractivity contribution >= 4 is 12.0 Å². The molecular formula is C13H22N4O3. The smallest absolute Gasteiger partial charge is 0.315 e. The topological polar surface area (TPSA) is 96.3 Å². The molecule has 0 fully saturated rings. The van der Waals surface area contributed by atoms with Gasteiger partial charge in [-0.2, -0.15) is 0 Å². The van der Waals surface area contributed by atoms with Gasteiger partial charge in [-0.05, 0) is 19.8 Å². The Bertz CT molecular complexity index is 406. The number of rotatable bonds is 9. The van der Waals surface area contributed by atoms with Crippen molar-refractivity contribution in [1.82, 2.24) is 20.2 Å². The van der Waals surface area contributed by atoms with Gasteiger partial charge in [0.05, 0.1) is 6.33 Å². The highest BCUT2D eigenvalue weighted by atomic mass is 16.4. The fraction of sp³-hybridized carbons (Fsp3) is 0.615. The Labute approximate surface area is 118 Å². The lowest BCUT2D eigenvalue weighted by atomic mass is 10.2. The van der Waals surface area contributed by atoms with Crippen LogP contribution in [0.2, 0.25) is 0 Å². The van der Waals surface area contributed by atoms with Crippen molar-refractivity contribution < 1.29 is 14.7 Å². The molecule has 1 unspecified atom stereocenters. The second-order valence-electron chi connectivity index (χ2n) is 4.77. The normalized spacial score (nSPS) is 11.8. The molecule has 1 aromatic rings. The van der Waals surface area contributed by atoms with Crippen molar-refractivity contribution in [1.29, 1.82) is 0 Å². The van der Waals surface area contributed by atoms with Crippen LogP contribution in [0.1, 0.15) is 32.6 Å². The number of hydrogen-bond acceptors (Lipinski definition) is 3. The van der Waals surface area contributed by atoms with Gasteiger partial charge in [0.15, 0.2) is 0 Å². The minimum atomic E-state index is -0.774. The summed E-state index contributed by atoms with van der Waals surface area (Å²) in [5.74, 6) is -0.774. The van der Waals surface area contributed by atoms with Gasteiger partial charge in [-0.25, -0.2) is 9.78 Å². The van der Waals surface area contributed by atoms with Crippen LogP contribution < -0.4 is 10.6 Å². The predicted octanol–water partition coefficient (Wildman–Crippen LogP) is 1.22. The maximum Gasteiger partial charge on any atom is 0.315 e. The van der Waals surface area contributed by atoms with E-state index in [2.05, 4.69) is 15.6 Å². The van der Waals surface area contributed by atoms with Gasteiger partial charge in [-0.1, -0.05) is 6.42 Å². The molecule has 112 valence electrons. The predicted molar refractivity (Wildman–Crippen MR) is 74.3 cm³/mol. The summed E-state index contributed by atoms with van der Waals surface area (Å²) < 4.78 is 1.90. The van der Waals surface area contributed by atoms with Gasteiger partial charge in [0.2, 0.25) is 0 Å².